The molecule has 3 fully saturated rings. The molecule has 4 aliphatic rings. The van der Waals surface area contributed by atoms with Crippen molar-refractivity contribution in [3.05, 3.63) is 66.2 Å². The number of amides is 3. The first-order chi connectivity index (χ1) is 23.6. The van der Waals surface area contributed by atoms with Crippen LogP contribution in [0.3, 0.4) is 0 Å². The molecule has 5 unspecified atom stereocenters. The molecule has 3 saturated carbocycles. The zero-order chi connectivity index (χ0) is 34.3. The van der Waals surface area contributed by atoms with Gasteiger partial charge in [0.1, 0.15) is 11.6 Å². The number of fused-ring (bicyclic) bond motifs is 3. The molecule has 1 aliphatic heterocycles. The Kier molecular flexibility index (Phi) is 8.60. The van der Waals surface area contributed by atoms with Crippen molar-refractivity contribution in [2.24, 2.45) is 17.8 Å². The zero-order valence-electron chi connectivity index (χ0n) is 27.2. The van der Waals surface area contributed by atoms with Gasteiger partial charge < -0.3 is 15.0 Å². The van der Waals surface area contributed by atoms with Crippen LogP contribution < -0.4 is 14.8 Å². The highest BCUT2D eigenvalue weighted by molar-refractivity contribution is 7.91. The minimum atomic E-state index is -3.83. The monoisotopic (exact) mass is 682 g/mol. The summed E-state index contributed by atoms with van der Waals surface area (Å²) in [5.41, 5.74) is 0.456. The number of para-hydroxylation sites is 1. The number of benzene rings is 2. The standard InChI is InChI=1S/C36H38N6O6S/c1-42-17-7-3-2-4-8-24-20-36(24,35(45)41-49(46,47)26-15-16-26)40-32(43)28-18-25(19-29(28)34(42)44)48-33-27-9-5-6-10-30(27)38-31(39-33)23-13-11-22(21-37)12-14-23/h4-6,8-14,24-26,28-29H,2-3,7,15-20H2,1H3,(H,40,43)(H,41,45)/b8-4-. The zero-order valence-corrected chi connectivity index (χ0v) is 28.0. The first kappa shape index (κ1) is 32.7. The number of carbonyl (C=O) groups excluding carboxylic acids is 3. The molecule has 12 nitrogen and oxygen atoms in total. The Labute approximate surface area is 285 Å². The molecule has 0 radical (unpaired) electrons. The van der Waals surface area contributed by atoms with Gasteiger partial charge in [0.2, 0.25) is 27.7 Å². The van der Waals surface area contributed by atoms with Gasteiger partial charge in [0, 0.05) is 25.1 Å². The van der Waals surface area contributed by atoms with Crippen molar-refractivity contribution in [1.29, 1.82) is 5.26 Å². The van der Waals surface area contributed by atoms with E-state index in [0.29, 0.717) is 53.1 Å². The quantitative estimate of drug-likeness (QED) is 0.369. The summed E-state index contributed by atoms with van der Waals surface area (Å²) in [5, 5.41) is 12.2. The van der Waals surface area contributed by atoms with Crippen molar-refractivity contribution < 1.29 is 27.5 Å². The van der Waals surface area contributed by atoms with E-state index in [1.807, 2.05) is 36.4 Å². The third-order valence-electron chi connectivity index (χ3n) is 10.1. The van der Waals surface area contributed by atoms with Crippen LogP contribution in [0.4, 0.5) is 0 Å². The molecule has 3 aliphatic carbocycles. The van der Waals surface area contributed by atoms with Gasteiger partial charge in [-0.05, 0) is 87.8 Å². The molecule has 13 heteroatoms. The summed E-state index contributed by atoms with van der Waals surface area (Å²) in [7, 11) is -2.09. The van der Waals surface area contributed by atoms with E-state index in [1.165, 1.54) is 0 Å². The van der Waals surface area contributed by atoms with Gasteiger partial charge in [0.05, 0.1) is 39.6 Å². The van der Waals surface area contributed by atoms with E-state index >= 15 is 0 Å². The van der Waals surface area contributed by atoms with Gasteiger partial charge in [0.15, 0.2) is 5.82 Å². The third kappa shape index (κ3) is 6.62. The number of hydrogen-bond acceptors (Lipinski definition) is 9. The van der Waals surface area contributed by atoms with Gasteiger partial charge in [-0.2, -0.15) is 10.2 Å². The number of rotatable bonds is 6. The summed E-state index contributed by atoms with van der Waals surface area (Å²) in [5.74, 6) is -2.55. The number of nitriles is 1. The third-order valence-corrected chi connectivity index (χ3v) is 11.9. The van der Waals surface area contributed by atoms with Crippen LogP contribution in [0.5, 0.6) is 5.88 Å². The van der Waals surface area contributed by atoms with Crippen LogP contribution in [0.2, 0.25) is 0 Å². The first-order valence-electron chi connectivity index (χ1n) is 16.8. The van der Waals surface area contributed by atoms with E-state index in [0.717, 1.165) is 19.3 Å². The van der Waals surface area contributed by atoms with E-state index in [2.05, 4.69) is 16.1 Å². The molecule has 3 aromatic rings. The second-order valence-corrected chi connectivity index (χ2v) is 15.6. The number of aromatic nitrogens is 2. The number of sulfonamides is 1. The Morgan fingerprint density at radius 2 is 1.82 bits per heavy atom. The Morgan fingerprint density at radius 1 is 1.06 bits per heavy atom. The molecule has 5 atom stereocenters. The molecule has 2 heterocycles. The van der Waals surface area contributed by atoms with Crippen LogP contribution in [0.25, 0.3) is 22.3 Å². The Hall–Kier alpha value is -4.83. The summed E-state index contributed by atoms with van der Waals surface area (Å²) >= 11 is 0. The molecular formula is C36H38N6O6S. The van der Waals surface area contributed by atoms with Crippen LogP contribution in [-0.4, -0.2) is 71.5 Å². The minimum Gasteiger partial charge on any atom is -0.474 e. The second-order valence-electron chi connectivity index (χ2n) is 13.6. The second kappa shape index (κ2) is 12.9. The lowest BCUT2D eigenvalue weighted by Gasteiger charge is -2.26. The van der Waals surface area contributed by atoms with E-state index in [9.17, 15) is 28.1 Å². The summed E-state index contributed by atoms with van der Waals surface area (Å²) in [6.07, 6.45) is 7.39. The van der Waals surface area contributed by atoms with Gasteiger partial charge in [-0.15, -0.1) is 0 Å². The number of carbonyl (C=O) groups is 3. The number of allylic oxidation sites excluding steroid dienone is 1. The number of ether oxygens (including phenoxy) is 1. The fourth-order valence-electron chi connectivity index (χ4n) is 7.01. The maximum absolute atomic E-state index is 14.1. The summed E-state index contributed by atoms with van der Waals surface area (Å²) in [6, 6.07) is 16.4. The minimum absolute atomic E-state index is 0.174. The molecule has 0 bridgehead atoms. The molecule has 3 amide bonds. The molecule has 2 aromatic carbocycles. The molecule has 49 heavy (non-hydrogen) atoms. The first-order valence-corrected chi connectivity index (χ1v) is 18.4. The van der Waals surface area contributed by atoms with Gasteiger partial charge in [0.25, 0.3) is 5.91 Å². The summed E-state index contributed by atoms with van der Waals surface area (Å²) in [4.78, 5) is 52.7. The SMILES string of the molecule is CN1CCCC/C=C\C2CC2(C(=O)NS(=O)(=O)C2CC2)NC(=O)C2CC(Oc3nc(-c4ccc(C#N)cc4)nc4ccccc34)CC2C1=O. The fourth-order valence-corrected chi connectivity index (χ4v) is 8.37. The van der Waals surface area contributed by atoms with Crippen molar-refractivity contribution in [1.82, 2.24) is 24.9 Å². The van der Waals surface area contributed by atoms with Gasteiger partial charge in [-0.1, -0.05) is 24.3 Å². The number of hydrogen-bond donors (Lipinski definition) is 2. The van der Waals surface area contributed by atoms with E-state index < -0.39 is 50.6 Å². The Morgan fingerprint density at radius 3 is 2.57 bits per heavy atom. The highest BCUT2D eigenvalue weighted by atomic mass is 32.2. The van der Waals surface area contributed by atoms with Crippen molar-refractivity contribution >= 4 is 38.6 Å². The summed E-state index contributed by atoms with van der Waals surface area (Å²) < 4.78 is 34.2. The Balaban J connectivity index is 1.18. The van der Waals surface area contributed by atoms with Gasteiger partial charge in [-0.25, -0.2) is 13.4 Å². The number of nitrogens with one attached hydrogen (secondary N) is 2. The maximum Gasteiger partial charge on any atom is 0.259 e. The highest BCUT2D eigenvalue weighted by Crippen LogP contribution is 2.47. The van der Waals surface area contributed by atoms with E-state index in [4.69, 9.17) is 14.7 Å². The van der Waals surface area contributed by atoms with Crippen LogP contribution in [0, 0.1) is 29.1 Å². The lowest BCUT2D eigenvalue weighted by Crippen LogP contribution is -2.54. The van der Waals surface area contributed by atoms with E-state index in [-0.39, 0.29) is 31.1 Å². The molecule has 1 aromatic heterocycles. The predicted molar refractivity (Wildman–Crippen MR) is 180 cm³/mol. The normalized spacial score (nSPS) is 28.0. The predicted octanol–water partition coefficient (Wildman–Crippen LogP) is 3.62. The Bertz CT molecular complexity index is 1990. The molecular weight excluding hydrogens is 644 g/mol. The smallest absolute Gasteiger partial charge is 0.259 e. The average molecular weight is 683 g/mol. The van der Waals surface area contributed by atoms with Crippen molar-refractivity contribution in [3.8, 4) is 23.3 Å². The average Bonchev–Trinajstić information content (AvgIpc) is 4.02. The molecule has 254 valence electrons. The van der Waals surface area contributed by atoms with Gasteiger partial charge >= 0.3 is 0 Å². The maximum atomic E-state index is 14.1. The molecule has 0 saturated heterocycles. The summed E-state index contributed by atoms with van der Waals surface area (Å²) in [6.45, 7) is 0.544. The van der Waals surface area contributed by atoms with Crippen LogP contribution in [0.1, 0.15) is 56.9 Å². The largest absolute Gasteiger partial charge is 0.474 e. The van der Waals surface area contributed by atoms with Crippen LogP contribution in [0.15, 0.2) is 60.7 Å². The van der Waals surface area contributed by atoms with Crippen molar-refractivity contribution in [2.75, 3.05) is 13.6 Å². The lowest BCUT2D eigenvalue weighted by atomic mass is 9.93. The van der Waals surface area contributed by atoms with Gasteiger partial charge in [-0.3, -0.25) is 19.1 Å². The number of nitrogens with zero attached hydrogens (tertiary/aromatic N) is 4. The molecule has 0 spiro atoms. The van der Waals surface area contributed by atoms with Crippen molar-refractivity contribution in [3.63, 3.8) is 0 Å². The highest BCUT2D eigenvalue weighted by Gasteiger charge is 2.62. The van der Waals surface area contributed by atoms with Crippen LogP contribution >= 0.6 is 0 Å². The lowest BCUT2D eigenvalue weighted by molar-refractivity contribution is -0.140. The van der Waals surface area contributed by atoms with Crippen LogP contribution in [-0.2, 0) is 24.4 Å². The molecule has 2 N–H and O–H groups in total. The molecule has 7 rings (SSSR count). The van der Waals surface area contributed by atoms with Crippen molar-refractivity contribution in [2.45, 2.75) is 68.3 Å². The van der Waals surface area contributed by atoms with E-state index in [1.54, 1.807) is 36.2 Å². The fraction of sp³-hybridized carbons (Fsp3) is 0.444. The topological polar surface area (TPSA) is 171 Å².